The zero-order valence-electron chi connectivity index (χ0n) is 18.9. The quantitative estimate of drug-likeness (QED) is 0.564. The van der Waals surface area contributed by atoms with Crippen molar-refractivity contribution < 1.29 is 27.1 Å². The summed E-state index contributed by atoms with van der Waals surface area (Å²) in [4.78, 5) is 12.7. The van der Waals surface area contributed by atoms with Gasteiger partial charge in [0, 0.05) is 23.9 Å². The molecule has 1 saturated heterocycles. The number of hydrogen-bond acceptors (Lipinski definition) is 6. The molecule has 1 amide bonds. The van der Waals surface area contributed by atoms with E-state index in [9.17, 15) is 17.6 Å². The number of carbonyl (C=O) groups is 1. The average Bonchev–Trinajstić information content (AvgIpc) is 2.79. The van der Waals surface area contributed by atoms with Crippen molar-refractivity contribution in [2.45, 2.75) is 37.0 Å². The fraction of sp³-hybridized carbons (Fsp3) is 0.435. The predicted molar refractivity (Wildman–Crippen MR) is 128 cm³/mol. The van der Waals surface area contributed by atoms with Crippen molar-refractivity contribution >= 4 is 33.4 Å². The number of nitrogens with zero attached hydrogens (tertiary/aromatic N) is 1. The molecule has 0 radical (unpaired) electrons. The maximum absolute atomic E-state index is 14.0. The third kappa shape index (κ3) is 6.69. The van der Waals surface area contributed by atoms with E-state index in [2.05, 4.69) is 5.32 Å². The number of hydrogen-bond donors (Lipinski definition) is 1. The Kier molecular flexibility index (Phi) is 8.75. The van der Waals surface area contributed by atoms with E-state index in [-0.39, 0.29) is 52.5 Å². The first-order valence-corrected chi connectivity index (χ1v) is 13.2. The second kappa shape index (κ2) is 11.3. The van der Waals surface area contributed by atoms with Crippen LogP contribution < -0.4 is 10.1 Å². The van der Waals surface area contributed by atoms with Gasteiger partial charge in [0.1, 0.15) is 11.6 Å². The van der Waals surface area contributed by atoms with Crippen molar-refractivity contribution in [1.82, 2.24) is 4.31 Å². The highest BCUT2D eigenvalue weighted by Crippen LogP contribution is 2.32. The second-order valence-electron chi connectivity index (χ2n) is 7.86. The Morgan fingerprint density at radius 3 is 2.55 bits per heavy atom. The molecular formula is C23H29FN2O5S2. The molecule has 1 N–H and O–H groups in total. The lowest BCUT2D eigenvalue weighted by Gasteiger charge is -2.26. The van der Waals surface area contributed by atoms with Gasteiger partial charge in [-0.15, -0.1) is 11.8 Å². The molecular weight excluding hydrogens is 467 g/mol. The van der Waals surface area contributed by atoms with E-state index in [1.165, 1.54) is 34.3 Å². The van der Waals surface area contributed by atoms with Gasteiger partial charge < -0.3 is 14.8 Å². The van der Waals surface area contributed by atoms with Gasteiger partial charge >= 0.3 is 0 Å². The lowest BCUT2D eigenvalue weighted by Crippen LogP contribution is -2.40. The highest BCUT2D eigenvalue weighted by molar-refractivity contribution is 8.00. The number of sulfonamides is 1. The molecule has 2 aromatic rings. The minimum atomic E-state index is -3.73. The van der Waals surface area contributed by atoms with Crippen LogP contribution in [0.5, 0.6) is 5.75 Å². The zero-order chi connectivity index (χ0) is 24.0. The van der Waals surface area contributed by atoms with Crippen LogP contribution in [0.25, 0.3) is 0 Å². The predicted octanol–water partition coefficient (Wildman–Crippen LogP) is 4.07. The number of nitrogens with one attached hydrogen (secondary N) is 1. The molecule has 7 nitrogen and oxygen atoms in total. The Labute approximate surface area is 198 Å². The maximum Gasteiger partial charge on any atom is 0.243 e. The minimum absolute atomic E-state index is 0.0665. The van der Waals surface area contributed by atoms with Crippen LogP contribution in [0.3, 0.4) is 0 Å². The van der Waals surface area contributed by atoms with Crippen molar-refractivity contribution in [3.8, 4) is 5.75 Å². The van der Waals surface area contributed by atoms with E-state index < -0.39 is 10.0 Å². The van der Waals surface area contributed by atoms with Crippen LogP contribution >= 0.6 is 11.8 Å². The summed E-state index contributed by atoms with van der Waals surface area (Å²) < 4.78 is 52.5. The van der Waals surface area contributed by atoms with Crippen molar-refractivity contribution in [3.05, 3.63) is 53.8 Å². The molecule has 1 unspecified atom stereocenters. The first-order valence-electron chi connectivity index (χ1n) is 10.7. The van der Waals surface area contributed by atoms with Crippen LogP contribution in [0.15, 0.2) is 47.4 Å². The normalized spacial score (nSPS) is 15.9. The molecule has 10 heteroatoms. The molecule has 1 heterocycles. The van der Waals surface area contributed by atoms with Gasteiger partial charge in [0.2, 0.25) is 15.9 Å². The first kappa shape index (κ1) is 25.5. The van der Waals surface area contributed by atoms with Crippen LogP contribution in [0.2, 0.25) is 0 Å². The van der Waals surface area contributed by atoms with Gasteiger partial charge in [-0.05, 0) is 45.0 Å². The third-order valence-electron chi connectivity index (χ3n) is 5.00. The van der Waals surface area contributed by atoms with E-state index in [4.69, 9.17) is 9.47 Å². The molecule has 0 saturated carbocycles. The summed E-state index contributed by atoms with van der Waals surface area (Å²) in [6.07, 6.45) is -0.169. The van der Waals surface area contributed by atoms with Gasteiger partial charge in [-0.3, -0.25) is 4.79 Å². The average molecular weight is 497 g/mol. The van der Waals surface area contributed by atoms with Gasteiger partial charge in [0.25, 0.3) is 0 Å². The van der Waals surface area contributed by atoms with E-state index in [1.807, 2.05) is 20.8 Å². The summed E-state index contributed by atoms with van der Waals surface area (Å²) >= 11 is 1.29. The Balaban J connectivity index is 1.76. The van der Waals surface area contributed by atoms with E-state index in [1.54, 1.807) is 24.3 Å². The topological polar surface area (TPSA) is 84.9 Å². The molecule has 0 aromatic heterocycles. The molecule has 0 bridgehead atoms. The molecule has 2 aromatic carbocycles. The Bertz CT molecular complexity index is 1070. The number of amides is 1. The number of rotatable bonds is 9. The summed E-state index contributed by atoms with van der Waals surface area (Å²) in [5, 5.41) is 2.54. The first-order chi connectivity index (χ1) is 15.7. The molecule has 1 aliphatic heterocycles. The molecule has 1 fully saturated rings. The number of carbonyl (C=O) groups excluding carboxylic acids is 1. The third-order valence-corrected chi connectivity index (χ3v) is 8.08. The fourth-order valence-corrected chi connectivity index (χ4v) is 5.62. The lowest BCUT2D eigenvalue weighted by molar-refractivity contribution is -0.113. The SMILES string of the molecule is CC(C)Oc1ccc(S(=O)(=O)N2CCOCC2)cc1NC(=O)CSC(C)c1ccccc1F. The number of halogens is 1. The molecule has 0 spiro atoms. The summed E-state index contributed by atoms with van der Waals surface area (Å²) in [5.74, 6) is -0.201. The summed E-state index contributed by atoms with van der Waals surface area (Å²) in [5.41, 5.74) is 0.805. The fourth-order valence-electron chi connectivity index (χ4n) is 3.34. The standard InChI is InChI=1S/C23H29FN2O5S2/c1-16(2)31-22-9-8-18(33(28,29)26-10-12-30-13-11-26)14-21(22)25-23(27)15-32-17(3)19-6-4-5-7-20(19)24/h4-9,14,16-17H,10-13,15H2,1-3H3,(H,25,27). The van der Waals surface area contributed by atoms with Crippen LogP contribution in [-0.2, 0) is 19.6 Å². The summed E-state index contributed by atoms with van der Waals surface area (Å²) in [7, 11) is -3.73. The second-order valence-corrected chi connectivity index (χ2v) is 11.1. The smallest absolute Gasteiger partial charge is 0.243 e. The van der Waals surface area contributed by atoms with Crippen LogP contribution in [0, 0.1) is 5.82 Å². The Morgan fingerprint density at radius 2 is 1.88 bits per heavy atom. The van der Waals surface area contributed by atoms with Crippen LogP contribution in [0.1, 0.15) is 31.6 Å². The summed E-state index contributed by atoms with van der Waals surface area (Å²) in [6.45, 7) is 6.76. The molecule has 0 aliphatic carbocycles. The van der Waals surface area contributed by atoms with Crippen LogP contribution in [0.4, 0.5) is 10.1 Å². The number of anilines is 1. The highest BCUT2D eigenvalue weighted by atomic mass is 32.2. The Morgan fingerprint density at radius 1 is 1.18 bits per heavy atom. The molecule has 180 valence electrons. The van der Waals surface area contributed by atoms with Gasteiger partial charge in [-0.25, -0.2) is 12.8 Å². The number of benzene rings is 2. The number of ether oxygens (including phenoxy) is 2. The lowest BCUT2D eigenvalue weighted by atomic mass is 10.1. The van der Waals surface area contributed by atoms with Gasteiger partial charge in [0.05, 0.1) is 35.7 Å². The van der Waals surface area contributed by atoms with Crippen molar-refractivity contribution in [2.75, 3.05) is 37.4 Å². The van der Waals surface area contributed by atoms with Crippen LogP contribution in [-0.4, -0.2) is 56.8 Å². The monoisotopic (exact) mass is 496 g/mol. The van der Waals surface area contributed by atoms with Crippen molar-refractivity contribution in [3.63, 3.8) is 0 Å². The van der Waals surface area contributed by atoms with Crippen molar-refractivity contribution in [2.24, 2.45) is 0 Å². The molecule has 1 atom stereocenters. The molecule has 33 heavy (non-hydrogen) atoms. The van der Waals surface area contributed by atoms with Crippen molar-refractivity contribution in [1.29, 1.82) is 0 Å². The zero-order valence-corrected chi connectivity index (χ0v) is 20.5. The minimum Gasteiger partial charge on any atom is -0.489 e. The molecule has 1 aliphatic rings. The van der Waals surface area contributed by atoms with Gasteiger partial charge in [0.15, 0.2) is 0 Å². The maximum atomic E-state index is 14.0. The number of morpholine rings is 1. The van der Waals surface area contributed by atoms with Gasteiger partial charge in [-0.1, -0.05) is 18.2 Å². The number of thioether (sulfide) groups is 1. The Hall–Kier alpha value is -2.14. The van der Waals surface area contributed by atoms with E-state index in [0.29, 0.717) is 24.5 Å². The summed E-state index contributed by atoms with van der Waals surface area (Å²) in [6, 6.07) is 10.9. The van der Waals surface area contributed by atoms with E-state index in [0.717, 1.165) is 0 Å². The molecule has 3 rings (SSSR count). The van der Waals surface area contributed by atoms with E-state index >= 15 is 0 Å². The largest absolute Gasteiger partial charge is 0.489 e. The van der Waals surface area contributed by atoms with Gasteiger partial charge in [-0.2, -0.15) is 4.31 Å². The highest BCUT2D eigenvalue weighted by Gasteiger charge is 2.27.